The van der Waals surface area contributed by atoms with Gasteiger partial charge in [-0.2, -0.15) is 5.26 Å². The Morgan fingerprint density at radius 1 is 1.29 bits per heavy atom. The highest BCUT2D eigenvalue weighted by Crippen LogP contribution is 2.27. The first kappa shape index (κ1) is 16.6. The number of anilines is 1. The van der Waals surface area contributed by atoms with Crippen LogP contribution >= 0.6 is 0 Å². The molecule has 0 bridgehead atoms. The van der Waals surface area contributed by atoms with E-state index < -0.39 is 28.1 Å². The molecule has 0 aliphatic heterocycles. The van der Waals surface area contributed by atoms with Gasteiger partial charge in [0.1, 0.15) is 17.5 Å². The number of aromatic hydroxyl groups is 1. The highest BCUT2D eigenvalue weighted by atomic mass is 19.1. The maximum absolute atomic E-state index is 12.8. The molecule has 0 saturated heterocycles. The van der Waals surface area contributed by atoms with Crippen LogP contribution in [0.5, 0.6) is 5.75 Å². The molecule has 0 saturated carbocycles. The van der Waals surface area contributed by atoms with Crippen molar-refractivity contribution in [1.29, 1.82) is 5.26 Å². The van der Waals surface area contributed by atoms with Gasteiger partial charge < -0.3 is 10.4 Å². The number of nitrogens with zero attached hydrogens (tertiary/aromatic N) is 2. The molecule has 24 heavy (non-hydrogen) atoms. The van der Waals surface area contributed by atoms with Crippen LogP contribution in [0.25, 0.3) is 6.08 Å². The second-order valence-electron chi connectivity index (χ2n) is 4.64. The van der Waals surface area contributed by atoms with Crippen LogP contribution in [0, 0.1) is 27.3 Å². The van der Waals surface area contributed by atoms with Crippen molar-refractivity contribution in [3.05, 3.63) is 69.5 Å². The van der Waals surface area contributed by atoms with Crippen LogP contribution in [-0.4, -0.2) is 15.9 Å². The van der Waals surface area contributed by atoms with E-state index in [4.69, 9.17) is 5.26 Å². The summed E-state index contributed by atoms with van der Waals surface area (Å²) in [7, 11) is 0. The van der Waals surface area contributed by atoms with E-state index in [0.29, 0.717) is 5.69 Å². The SMILES string of the molecule is N#C/C(=C\c1ccc(O)c([N+](=O)[O-])c1)C(=O)Nc1ccc(F)cc1. The van der Waals surface area contributed by atoms with E-state index in [1.165, 1.54) is 18.2 Å². The second kappa shape index (κ2) is 7.02. The van der Waals surface area contributed by atoms with E-state index in [9.17, 15) is 24.4 Å². The van der Waals surface area contributed by atoms with Crippen molar-refractivity contribution in [3.63, 3.8) is 0 Å². The van der Waals surface area contributed by atoms with Crippen LogP contribution in [0.2, 0.25) is 0 Å². The number of halogens is 1. The van der Waals surface area contributed by atoms with Crippen LogP contribution in [-0.2, 0) is 4.79 Å². The van der Waals surface area contributed by atoms with Crippen molar-refractivity contribution in [2.75, 3.05) is 5.32 Å². The monoisotopic (exact) mass is 327 g/mol. The molecule has 2 rings (SSSR count). The zero-order chi connectivity index (χ0) is 17.7. The van der Waals surface area contributed by atoms with Crippen molar-refractivity contribution in [1.82, 2.24) is 0 Å². The first-order valence-electron chi connectivity index (χ1n) is 6.57. The minimum absolute atomic E-state index is 0.199. The minimum Gasteiger partial charge on any atom is -0.502 e. The number of carbonyl (C=O) groups is 1. The normalized spacial score (nSPS) is 10.8. The summed E-state index contributed by atoms with van der Waals surface area (Å²) in [6.07, 6.45) is 1.14. The highest BCUT2D eigenvalue weighted by Gasteiger charge is 2.15. The van der Waals surface area contributed by atoms with Crippen LogP contribution in [0.3, 0.4) is 0 Å². The zero-order valence-electron chi connectivity index (χ0n) is 12.1. The van der Waals surface area contributed by atoms with Gasteiger partial charge in [0.15, 0.2) is 5.75 Å². The summed E-state index contributed by atoms with van der Waals surface area (Å²) in [5, 5.41) is 31.7. The van der Waals surface area contributed by atoms with Gasteiger partial charge in [0.25, 0.3) is 5.91 Å². The smallest absolute Gasteiger partial charge is 0.311 e. The largest absolute Gasteiger partial charge is 0.502 e. The van der Waals surface area contributed by atoms with E-state index in [-0.39, 0.29) is 11.1 Å². The van der Waals surface area contributed by atoms with Gasteiger partial charge >= 0.3 is 5.69 Å². The van der Waals surface area contributed by atoms with Gasteiger partial charge in [-0.05, 0) is 42.0 Å². The standard InChI is InChI=1S/C16H10FN3O4/c17-12-2-4-13(5-3-12)19-16(22)11(9-18)7-10-1-6-15(21)14(8-10)20(23)24/h1-8,21H,(H,19,22)/b11-7+. The quantitative estimate of drug-likeness (QED) is 0.387. The number of rotatable bonds is 4. The van der Waals surface area contributed by atoms with Crippen molar-refractivity contribution < 1.29 is 19.2 Å². The molecule has 0 atom stereocenters. The molecule has 120 valence electrons. The van der Waals surface area contributed by atoms with E-state index in [0.717, 1.165) is 30.3 Å². The summed E-state index contributed by atoms with van der Waals surface area (Å²) in [5.74, 6) is -1.74. The lowest BCUT2D eigenvalue weighted by atomic mass is 10.1. The Morgan fingerprint density at radius 2 is 1.96 bits per heavy atom. The molecule has 0 unspecified atom stereocenters. The third-order valence-corrected chi connectivity index (χ3v) is 2.97. The van der Waals surface area contributed by atoms with Crippen LogP contribution in [0.1, 0.15) is 5.56 Å². The van der Waals surface area contributed by atoms with Crippen molar-refractivity contribution in [2.45, 2.75) is 0 Å². The molecule has 0 aromatic heterocycles. The first-order chi connectivity index (χ1) is 11.4. The Balaban J connectivity index is 2.27. The fraction of sp³-hybridized carbons (Fsp3) is 0. The second-order valence-corrected chi connectivity index (χ2v) is 4.64. The number of hydrogen-bond acceptors (Lipinski definition) is 5. The third kappa shape index (κ3) is 3.92. The summed E-state index contributed by atoms with van der Waals surface area (Å²) in [4.78, 5) is 22.0. The number of nitriles is 1. The van der Waals surface area contributed by atoms with Crippen LogP contribution in [0.4, 0.5) is 15.8 Å². The molecule has 2 N–H and O–H groups in total. The molecular formula is C16H10FN3O4. The van der Waals surface area contributed by atoms with Gasteiger partial charge in [-0.3, -0.25) is 14.9 Å². The Bertz CT molecular complexity index is 870. The Hall–Kier alpha value is -3.73. The van der Waals surface area contributed by atoms with Gasteiger partial charge in [0, 0.05) is 11.8 Å². The number of phenolic OH excluding ortho intramolecular Hbond substituents is 1. The Morgan fingerprint density at radius 3 is 2.54 bits per heavy atom. The summed E-state index contributed by atoms with van der Waals surface area (Å²) in [6, 6.07) is 10.1. The topological polar surface area (TPSA) is 116 Å². The molecule has 2 aromatic carbocycles. The first-order valence-corrected chi connectivity index (χ1v) is 6.57. The molecule has 0 heterocycles. The molecule has 2 aromatic rings. The number of benzene rings is 2. The summed E-state index contributed by atoms with van der Waals surface area (Å²) < 4.78 is 12.8. The molecule has 0 aliphatic rings. The number of amides is 1. The molecule has 0 fully saturated rings. The lowest BCUT2D eigenvalue weighted by molar-refractivity contribution is -0.385. The van der Waals surface area contributed by atoms with Crippen molar-refractivity contribution >= 4 is 23.4 Å². The molecule has 0 radical (unpaired) electrons. The number of nitro benzene ring substituents is 1. The third-order valence-electron chi connectivity index (χ3n) is 2.97. The van der Waals surface area contributed by atoms with Gasteiger partial charge in [-0.25, -0.2) is 4.39 Å². The lowest BCUT2D eigenvalue weighted by Gasteiger charge is -2.04. The van der Waals surface area contributed by atoms with Gasteiger partial charge in [0.2, 0.25) is 0 Å². The molecule has 7 nitrogen and oxygen atoms in total. The van der Waals surface area contributed by atoms with Gasteiger partial charge in [-0.15, -0.1) is 0 Å². The van der Waals surface area contributed by atoms with E-state index in [1.807, 2.05) is 0 Å². The van der Waals surface area contributed by atoms with E-state index in [2.05, 4.69) is 5.32 Å². The predicted molar refractivity (Wildman–Crippen MR) is 83.4 cm³/mol. The molecule has 0 aliphatic carbocycles. The molecule has 8 heteroatoms. The maximum atomic E-state index is 12.8. The van der Waals surface area contributed by atoms with Crippen molar-refractivity contribution in [2.24, 2.45) is 0 Å². The fourth-order valence-corrected chi connectivity index (χ4v) is 1.82. The highest BCUT2D eigenvalue weighted by molar-refractivity contribution is 6.09. The maximum Gasteiger partial charge on any atom is 0.311 e. The predicted octanol–water partition coefficient (Wildman–Crippen LogP) is 2.99. The number of nitro groups is 1. The molecule has 0 spiro atoms. The summed E-state index contributed by atoms with van der Waals surface area (Å²) in [6.45, 7) is 0. The van der Waals surface area contributed by atoms with E-state index in [1.54, 1.807) is 6.07 Å². The van der Waals surface area contributed by atoms with Gasteiger partial charge in [-0.1, -0.05) is 6.07 Å². The number of nitrogens with one attached hydrogen (secondary N) is 1. The van der Waals surface area contributed by atoms with Crippen molar-refractivity contribution in [3.8, 4) is 11.8 Å². The Labute approximate surface area is 135 Å². The molecule has 1 amide bonds. The van der Waals surface area contributed by atoms with Gasteiger partial charge in [0.05, 0.1) is 4.92 Å². The lowest BCUT2D eigenvalue weighted by Crippen LogP contribution is -2.13. The minimum atomic E-state index is -0.780. The average Bonchev–Trinajstić information content (AvgIpc) is 2.55. The zero-order valence-corrected chi connectivity index (χ0v) is 12.1. The Kier molecular flexibility index (Phi) is 4.87. The number of hydrogen-bond donors (Lipinski definition) is 2. The van der Waals surface area contributed by atoms with E-state index >= 15 is 0 Å². The average molecular weight is 327 g/mol. The fourth-order valence-electron chi connectivity index (χ4n) is 1.82. The summed E-state index contributed by atoms with van der Waals surface area (Å²) in [5.41, 5.74) is -0.358. The van der Waals surface area contributed by atoms with Crippen LogP contribution in [0.15, 0.2) is 48.0 Å². The number of phenols is 1. The number of carbonyl (C=O) groups excluding carboxylic acids is 1. The van der Waals surface area contributed by atoms with Crippen LogP contribution < -0.4 is 5.32 Å². The molecular weight excluding hydrogens is 317 g/mol. The summed E-state index contributed by atoms with van der Waals surface area (Å²) >= 11 is 0.